The third kappa shape index (κ3) is 4.07. The van der Waals surface area contributed by atoms with Gasteiger partial charge in [-0.3, -0.25) is 4.79 Å². The molecule has 0 bridgehead atoms. The van der Waals surface area contributed by atoms with Crippen LogP contribution in [0.1, 0.15) is 35.7 Å². The fourth-order valence-electron chi connectivity index (χ4n) is 2.94. The number of carbonyl (C=O) groups is 1. The predicted molar refractivity (Wildman–Crippen MR) is 95.0 cm³/mol. The fraction of sp³-hybridized carbons (Fsp3) is 0.300. The summed E-state index contributed by atoms with van der Waals surface area (Å²) in [6.07, 6.45) is 0.951. The fourth-order valence-corrected chi connectivity index (χ4v) is 2.94. The summed E-state index contributed by atoms with van der Waals surface area (Å²) in [5, 5.41) is 4.06. The van der Waals surface area contributed by atoms with Crippen molar-refractivity contribution >= 4 is 11.6 Å². The summed E-state index contributed by atoms with van der Waals surface area (Å²) in [5.74, 6) is -1.20. The smallest absolute Gasteiger partial charge is 0.256 e. The molecule has 0 N–H and O–H groups in total. The monoisotopic (exact) mass is 358 g/mol. The molecule has 1 heterocycles. The topological polar surface area (TPSA) is 41.9 Å². The Kier molecular flexibility index (Phi) is 5.61. The van der Waals surface area contributed by atoms with Gasteiger partial charge in [-0.15, -0.1) is 0 Å². The van der Waals surface area contributed by atoms with Crippen molar-refractivity contribution in [2.75, 3.05) is 13.1 Å². The molecule has 1 amide bonds. The summed E-state index contributed by atoms with van der Waals surface area (Å²) in [6.45, 7) is 2.77. The number of rotatable bonds is 6. The number of hydrogen-bond acceptors (Lipinski definition) is 3. The van der Waals surface area contributed by atoms with Gasteiger partial charge >= 0.3 is 0 Å². The van der Waals surface area contributed by atoms with Gasteiger partial charge in [-0.1, -0.05) is 36.3 Å². The Hall–Kier alpha value is -2.76. The second-order valence-electron chi connectivity index (χ2n) is 6.21. The minimum Gasteiger partial charge on any atom is -0.390 e. The first-order valence-electron chi connectivity index (χ1n) is 8.61. The van der Waals surface area contributed by atoms with E-state index < -0.39 is 5.82 Å². The lowest BCUT2D eigenvalue weighted by Gasteiger charge is -2.24. The van der Waals surface area contributed by atoms with Crippen molar-refractivity contribution < 1.29 is 18.4 Å². The molecule has 1 aliphatic rings. The predicted octanol–water partition coefficient (Wildman–Crippen LogP) is 4.01. The van der Waals surface area contributed by atoms with Gasteiger partial charge in [0.15, 0.2) is 6.10 Å². The lowest BCUT2D eigenvalue weighted by Crippen LogP contribution is -2.38. The summed E-state index contributed by atoms with van der Waals surface area (Å²) < 4.78 is 27.0. The van der Waals surface area contributed by atoms with Crippen LogP contribution in [0.3, 0.4) is 0 Å². The van der Waals surface area contributed by atoms with E-state index in [0.717, 1.165) is 12.0 Å². The SMILES string of the molecule is CCCN(C[C@H]1CC(c2ccc(F)cc2)=NO1)C(=O)c1ccccc1F. The number of oxime groups is 1. The van der Waals surface area contributed by atoms with Crippen LogP contribution >= 0.6 is 0 Å². The highest BCUT2D eigenvalue weighted by Gasteiger charge is 2.27. The summed E-state index contributed by atoms with van der Waals surface area (Å²) >= 11 is 0. The normalized spacial score (nSPS) is 16.1. The molecule has 1 atom stereocenters. The molecular weight excluding hydrogens is 338 g/mol. The molecule has 3 rings (SSSR count). The molecule has 0 unspecified atom stereocenters. The first-order chi connectivity index (χ1) is 12.6. The average Bonchev–Trinajstić information content (AvgIpc) is 3.10. The first kappa shape index (κ1) is 18.0. The summed E-state index contributed by atoms with van der Waals surface area (Å²) in [5.41, 5.74) is 1.56. The van der Waals surface area contributed by atoms with E-state index in [1.54, 1.807) is 29.2 Å². The molecule has 0 saturated carbocycles. The second kappa shape index (κ2) is 8.08. The highest BCUT2D eigenvalue weighted by Crippen LogP contribution is 2.19. The van der Waals surface area contributed by atoms with Crippen molar-refractivity contribution in [3.63, 3.8) is 0 Å². The maximum absolute atomic E-state index is 13.9. The summed E-state index contributed by atoms with van der Waals surface area (Å²) in [7, 11) is 0. The van der Waals surface area contributed by atoms with Crippen LogP contribution in [0.25, 0.3) is 0 Å². The molecule has 0 aliphatic carbocycles. The standard InChI is InChI=1S/C20H20F2N2O2/c1-2-11-24(20(25)17-5-3-4-6-18(17)22)13-16-12-19(23-26-16)14-7-9-15(21)10-8-14/h3-10,16H,2,11-13H2,1H3/t16-/m1/s1. The van der Waals surface area contributed by atoms with E-state index in [1.807, 2.05) is 6.92 Å². The molecule has 6 heteroatoms. The van der Waals surface area contributed by atoms with E-state index in [9.17, 15) is 13.6 Å². The number of benzene rings is 2. The summed E-state index contributed by atoms with van der Waals surface area (Å²) in [6, 6.07) is 12.0. The Morgan fingerprint density at radius 3 is 2.62 bits per heavy atom. The van der Waals surface area contributed by atoms with Gasteiger partial charge < -0.3 is 9.74 Å². The number of halogens is 2. The van der Waals surface area contributed by atoms with Crippen LogP contribution in [0.2, 0.25) is 0 Å². The molecule has 2 aromatic rings. The maximum atomic E-state index is 13.9. The van der Waals surface area contributed by atoms with Gasteiger partial charge in [0.05, 0.1) is 17.8 Å². The van der Waals surface area contributed by atoms with E-state index in [-0.39, 0.29) is 23.4 Å². The number of amides is 1. The highest BCUT2D eigenvalue weighted by atomic mass is 19.1. The minimum absolute atomic E-state index is 0.0543. The number of hydrogen-bond donors (Lipinski definition) is 0. The second-order valence-corrected chi connectivity index (χ2v) is 6.21. The van der Waals surface area contributed by atoms with Crippen LogP contribution in [0, 0.1) is 11.6 Å². The number of nitrogens with zero attached hydrogens (tertiary/aromatic N) is 2. The van der Waals surface area contributed by atoms with E-state index in [0.29, 0.717) is 25.2 Å². The van der Waals surface area contributed by atoms with Crippen LogP contribution in [0.4, 0.5) is 8.78 Å². The maximum Gasteiger partial charge on any atom is 0.256 e. The van der Waals surface area contributed by atoms with Crippen molar-refractivity contribution in [1.29, 1.82) is 0 Å². The molecule has 2 aromatic carbocycles. The number of carbonyl (C=O) groups excluding carboxylic acids is 1. The van der Waals surface area contributed by atoms with Crippen LogP contribution in [0.5, 0.6) is 0 Å². The molecule has 26 heavy (non-hydrogen) atoms. The molecule has 0 aromatic heterocycles. The lowest BCUT2D eigenvalue weighted by molar-refractivity contribution is 0.0421. The molecule has 0 spiro atoms. The van der Waals surface area contributed by atoms with Gasteiger partial charge in [0.1, 0.15) is 11.6 Å². The highest BCUT2D eigenvalue weighted by molar-refractivity contribution is 6.01. The molecule has 0 saturated heterocycles. The summed E-state index contributed by atoms with van der Waals surface area (Å²) in [4.78, 5) is 19.7. The van der Waals surface area contributed by atoms with Crippen molar-refractivity contribution in [3.05, 3.63) is 71.3 Å². The van der Waals surface area contributed by atoms with Crippen LogP contribution in [-0.4, -0.2) is 35.7 Å². The van der Waals surface area contributed by atoms with Gasteiger partial charge in [0.2, 0.25) is 0 Å². The molecule has 1 aliphatic heterocycles. The molecular formula is C20H20F2N2O2. The Bertz CT molecular complexity index is 806. The van der Waals surface area contributed by atoms with Gasteiger partial charge in [-0.2, -0.15) is 0 Å². The van der Waals surface area contributed by atoms with Crippen LogP contribution in [0.15, 0.2) is 53.7 Å². The molecule has 0 fully saturated rings. The van der Waals surface area contributed by atoms with Gasteiger partial charge in [-0.05, 0) is 36.2 Å². The van der Waals surface area contributed by atoms with Crippen molar-refractivity contribution in [2.45, 2.75) is 25.9 Å². The quantitative estimate of drug-likeness (QED) is 0.783. The molecule has 0 radical (unpaired) electrons. The third-order valence-corrected chi connectivity index (χ3v) is 4.22. The zero-order valence-corrected chi connectivity index (χ0v) is 14.5. The minimum atomic E-state index is -0.533. The Labute approximate surface area is 151 Å². The first-order valence-corrected chi connectivity index (χ1v) is 8.61. The Morgan fingerprint density at radius 2 is 1.92 bits per heavy atom. The average molecular weight is 358 g/mol. The van der Waals surface area contributed by atoms with Gasteiger partial charge in [-0.25, -0.2) is 8.78 Å². The van der Waals surface area contributed by atoms with Crippen LogP contribution in [-0.2, 0) is 4.84 Å². The van der Waals surface area contributed by atoms with E-state index in [4.69, 9.17) is 4.84 Å². The van der Waals surface area contributed by atoms with E-state index in [2.05, 4.69) is 5.16 Å². The third-order valence-electron chi connectivity index (χ3n) is 4.22. The van der Waals surface area contributed by atoms with Crippen molar-refractivity contribution in [1.82, 2.24) is 4.90 Å². The molecule has 4 nitrogen and oxygen atoms in total. The Balaban J connectivity index is 1.67. The van der Waals surface area contributed by atoms with Gasteiger partial charge in [0.25, 0.3) is 5.91 Å². The van der Waals surface area contributed by atoms with Crippen molar-refractivity contribution in [2.24, 2.45) is 5.16 Å². The van der Waals surface area contributed by atoms with Crippen molar-refractivity contribution in [3.8, 4) is 0 Å². The zero-order valence-electron chi connectivity index (χ0n) is 14.5. The van der Waals surface area contributed by atoms with E-state index >= 15 is 0 Å². The van der Waals surface area contributed by atoms with Crippen LogP contribution < -0.4 is 0 Å². The largest absolute Gasteiger partial charge is 0.390 e. The molecule has 136 valence electrons. The zero-order chi connectivity index (χ0) is 18.5. The Morgan fingerprint density at radius 1 is 1.19 bits per heavy atom. The lowest BCUT2D eigenvalue weighted by atomic mass is 10.0. The van der Waals surface area contributed by atoms with E-state index in [1.165, 1.54) is 24.3 Å². The van der Waals surface area contributed by atoms with Gasteiger partial charge in [0, 0.05) is 13.0 Å².